The van der Waals surface area contributed by atoms with Crippen molar-refractivity contribution in [3.05, 3.63) is 287 Å². The van der Waals surface area contributed by atoms with Crippen molar-refractivity contribution in [3.63, 3.8) is 0 Å². The summed E-state index contributed by atoms with van der Waals surface area (Å²) in [6, 6.07) is 55.4. The lowest BCUT2D eigenvalue weighted by atomic mass is 9.89. The Kier molecular flexibility index (Phi) is 33.1. The fourth-order valence-electron chi connectivity index (χ4n) is 12.3. The molecule has 7 aromatic heterocycles. The first-order chi connectivity index (χ1) is 55.0. The molecule has 4 aliphatic rings. The minimum atomic E-state index is -0.0927. The van der Waals surface area contributed by atoms with E-state index in [0.29, 0.717) is 120 Å². The van der Waals surface area contributed by atoms with Crippen molar-refractivity contribution in [1.29, 1.82) is 0 Å². The van der Waals surface area contributed by atoms with Gasteiger partial charge >= 0.3 is 0 Å². The van der Waals surface area contributed by atoms with Crippen molar-refractivity contribution in [3.8, 4) is 29.4 Å². The van der Waals surface area contributed by atoms with E-state index >= 15 is 0 Å². The standard InChI is InChI=1S/C20H24N2O2.C19H25N3O2.C19H22N2O2.C17H19N3O2.C16H16N2O2/c23-20(22-13-16-7-3-1-4-8-16)18-11-12-19(21-14-18)24-15-17-9-5-2-6-10-17;1-14-16(18(23)21-12-9-19(2,3)4)5-6-17(22-14)24-13-15-7-10-20-11-8-15;22-19(21-17-9-5-2-6-10-17)16-11-12-18(20-13-16)23-14-15-7-3-1-4-8-15;1-12(14-2-3-14)20-17(21)15-4-5-16(19-10-15)22-11-13-6-8-18-9-7-13;19-16(18-9-4-10-18)14-7-8-15(17-11-14)20-12-13-5-2-1-3-6-13/h2,5-6,9-12,14,16H,1,3-4,7-8,13,15H2,(H,22,23);5-8,10-11H,9,12-13H2,1-4H3,(H,21,23);1,3-4,7-8,11-13,17H,2,5-6,9-10,14H2,(H,21,22);4-10,12,14H,2-3,11H2,1H3,(H,20,21);1-3,5-8,11H,4,9-10,12H2/t;;;12-;/m...1./s1. The average Bonchev–Trinajstić information content (AvgIpc) is 0.908. The van der Waals surface area contributed by atoms with Crippen molar-refractivity contribution in [2.24, 2.45) is 17.3 Å². The number of carbonyl (C=O) groups excluding carboxylic acids is 5. The predicted molar refractivity (Wildman–Crippen MR) is 435 cm³/mol. The summed E-state index contributed by atoms with van der Waals surface area (Å²) < 4.78 is 28.1. The molecule has 0 spiro atoms. The molecule has 14 rings (SSSR count). The SMILES string of the molecule is C[C@@H](NC(=O)c1ccc(OCc2ccncc2)nc1)C1CC1.Cc1nc(OCc2ccncc2)ccc1C(=O)NCCC(C)(C)C.O=C(NC1CCCCC1)c1ccc(OCc2ccccc2)nc1.O=C(NCC1CCCCC1)c1ccc(OCc2ccccc2)nc1.O=C(c1ccc(OCc2ccccc2)nc1)N1CCC1. The number of nitrogens with zero attached hydrogens (tertiary/aromatic N) is 8. The number of hydrogen-bond acceptors (Lipinski definition) is 17. The molecule has 0 bridgehead atoms. The summed E-state index contributed by atoms with van der Waals surface area (Å²) >= 11 is 0. The Balaban J connectivity index is 0.000000150. The molecule has 4 fully saturated rings. The maximum absolute atomic E-state index is 12.2. The monoisotopic (exact) mass is 1530 g/mol. The Bertz CT molecular complexity index is 4470. The average molecular weight is 1530 g/mol. The highest BCUT2D eigenvalue weighted by Gasteiger charge is 2.29. The molecule has 4 N–H and O–H groups in total. The molecule has 1 aliphatic heterocycles. The van der Waals surface area contributed by atoms with Crippen molar-refractivity contribution in [2.45, 2.75) is 170 Å². The van der Waals surface area contributed by atoms with E-state index in [-0.39, 0.29) is 41.0 Å². The molecular formula is C91H106N12O10. The smallest absolute Gasteiger partial charge is 0.255 e. The van der Waals surface area contributed by atoms with Crippen LogP contribution in [0.5, 0.6) is 29.4 Å². The Morgan fingerprint density at radius 2 is 0.841 bits per heavy atom. The Hall–Kier alpha value is -11.9. The summed E-state index contributed by atoms with van der Waals surface area (Å²) in [4.78, 5) is 91.6. The minimum Gasteiger partial charge on any atom is -0.473 e. The van der Waals surface area contributed by atoms with Gasteiger partial charge in [0.15, 0.2) is 0 Å². The van der Waals surface area contributed by atoms with Gasteiger partial charge in [0.05, 0.1) is 33.5 Å². The van der Waals surface area contributed by atoms with Crippen LogP contribution in [0.3, 0.4) is 0 Å². The second kappa shape index (κ2) is 44.8. The fraction of sp³-hybridized carbons (Fsp3) is 0.363. The quantitative estimate of drug-likeness (QED) is 0.0372. The fourth-order valence-corrected chi connectivity index (χ4v) is 12.3. The van der Waals surface area contributed by atoms with E-state index in [1.165, 1.54) is 64.2 Å². The van der Waals surface area contributed by atoms with Gasteiger partial charge in [0.25, 0.3) is 29.5 Å². The van der Waals surface area contributed by atoms with Crippen molar-refractivity contribution in [2.75, 3.05) is 26.2 Å². The summed E-state index contributed by atoms with van der Waals surface area (Å²) in [7, 11) is 0. The number of carbonyl (C=O) groups is 5. The van der Waals surface area contributed by atoms with E-state index in [1.54, 1.807) is 110 Å². The van der Waals surface area contributed by atoms with Crippen LogP contribution in [0, 0.1) is 24.2 Å². The second-order valence-corrected chi connectivity index (χ2v) is 29.8. The topological polar surface area (TPSA) is 273 Å². The maximum atomic E-state index is 12.2. The van der Waals surface area contributed by atoms with Crippen LogP contribution in [0.4, 0.5) is 0 Å². The lowest BCUT2D eigenvalue weighted by molar-refractivity contribution is 0.0650. The summed E-state index contributed by atoms with van der Waals surface area (Å²) in [5.74, 6) is 3.67. The number of amides is 5. The third kappa shape index (κ3) is 30.0. The number of rotatable bonds is 27. The van der Waals surface area contributed by atoms with E-state index in [2.05, 4.69) is 83.8 Å². The van der Waals surface area contributed by atoms with Gasteiger partial charge in [-0.1, -0.05) is 150 Å². The number of aryl methyl sites for hydroxylation is 1. The molecule has 3 saturated carbocycles. The highest BCUT2D eigenvalue weighted by atomic mass is 16.5. The molecule has 0 radical (unpaired) electrons. The normalized spacial score (nSPS) is 14.0. The predicted octanol–water partition coefficient (Wildman–Crippen LogP) is 16.3. The zero-order valence-corrected chi connectivity index (χ0v) is 65.6. The van der Waals surface area contributed by atoms with E-state index in [1.807, 2.05) is 127 Å². The van der Waals surface area contributed by atoms with E-state index in [9.17, 15) is 24.0 Å². The molecule has 113 heavy (non-hydrogen) atoms. The molecule has 1 atom stereocenters. The lowest BCUT2D eigenvalue weighted by Gasteiger charge is -2.30. The largest absolute Gasteiger partial charge is 0.473 e. The van der Waals surface area contributed by atoms with Gasteiger partial charge in [-0.3, -0.25) is 33.9 Å². The Morgan fingerprint density at radius 1 is 0.434 bits per heavy atom. The number of benzene rings is 3. The van der Waals surface area contributed by atoms with E-state index < -0.39 is 0 Å². The first-order valence-corrected chi connectivity index (χ1v) is 39.4. The molecular weight excluding hydrogens is 1420 g/mol. The first-order valence-electron chi connectivity index (χ1n) is 39.4. The molecule has 10 aromatic rings. The maximum Gasteiger partial charge on any atom is 0.255 e. The molecule has 1 saturated heterocycles. The molecule has 0 unspecified atom stereocenters. The van der Waals surface area contributed by atoms with Crippen LogP contribution < -0.4 is 45.0 Å². The number of ether oxygens (including phenoxy) is 5. The molecule has 22 heteroatoms. The lowest BCUT2D eigenvalue weighted by Crippen LogP contribution is -2.42. The highest BCUT2D eigenvalue weighted by Crippen LogP contribution is 2.33. The molecule has 22 nitrogen and oxygen atoms in total. The summed E-state index contributed by atoms with van der Waals surface area (Å²) in [5.41, 5.74) is 9.12. The summed E-state index contributed by atoms with van der Waals surface area (Å²) in [6.07, 6.45) is 29.8. The third-order valence-corrected chi connectivity index (χ3v) is 19.5. The highest BCUT2D eigenvalue weighted by molar-refractivity contribution is 5.96. The van der Waals surface area contributed by atoms with Crippen molar-refractivity contribution in [1.82, 2.24) is 61.1 Å². The number of hydrogen-bond donors (Lipinski definition) is 4. The van der Waals surface area contributed by atoms with Crippen LogP contribution in [-0.4, -0.2) is 108 Å². The van der Waals surface area contributed by atoms with Crippen LogP contribution in [0.1, 0.15) is 203 Å². The molecule has 8 heterocycles. The van der Waals surface area contributed by atoms with Gasteiger partial charge in [-0.25, -0.2) is 24.9 Å². The zero-order chi connectivity index (χ0) is 79.3. The van der Waals surface area contributed by atoms with Gasteiger partial charge in [0.2, 0.25) is 29.4 Å². The second-order valence-electron chi connectivity index (χ2n) is 29.8. The number of aromatic nitrogens is 7. The van der Waals surface area contributed by atoms with E-state index in [0.717, 1.165) is 73.1 Å². The Morgan fingerprint density at radius 3 is 1.25 bits per heavy atom. The van der Waals surface area contributed by atoms with Gasteiger partial charge in [-0.15, -0.1) is 0 Å². The summed E-state index contributed by atoms with van der Waals surface area (Å²) in [5, 5.41) is 12.1. The molecule has 590 valence electrons. The first kappa shape index (κ1) is 83.5. The number of likely N-dealkylation sites (tertiary alicyclic amines) is 1. The van der Waals surface area contributed by atoms with E-state index in [4.69, 9.17) is 23.7 Å². The van der Waals surface area contributed by atoms with Crippen LogP contribution >= 0.6 is 0 Å². The van der Waals surface area contributed by atoms with Crippen molar-refractivity contribution >= 4 is 29.5 Å². The number of nitrogens with one attached hydrogen (secondary N) is 4. The van der Waals surface area contributed by atoms with Gasteiger partial charge < -0.3 is 49.9 Å². The number of pyridine rings is 7. The van der Waals surface area contributed by atoms with Crippen LogP contribution in [0.2, 0.25) is 0 Å². The molecule has 5 amide bonds. The molecule has 3 aliphatic carbocycles. The van der Waals surface area contributed by atoms with Crippen LogP contribution in [0.15, 0.2) is 225 Å². The van der Waals surface area contributed by atoms with Crippen molar-refractivity contribution < 1.29 is 47.7 Å². The minimum absolute atomic E-state index is 0.0426. The third-order valence-electron chi connectivity index (χ3n) is 19.5. The van der Waals surface area contributed by atoms with Gasteiger partial charge in [-0.05, 0) is 165 Å². The summed E-state index contributed by atoms with van der Waals surface area (Å²) in [6.45, 7) is 15.7. The Labute approximate surface area is 664 Å². The van der Waals surface area contributed by atoms with Gasteiger partial charge in [0, 0.05) is 118 Å². The van der Waals surface area contributed by atoms with Gasteiger partial charge in [0.1, 0.15) is 33.0 Å². The van der Waals surface area contributed by atoms with Crippen LogP contribution in [-0.2, 0) is 33.0 Å². The van der Waals surface area contributed by atoms with Gasteiger partial charge in [-0.2, -0.15) is 0 Å². The zero-order valence-electron chi connectivity index (χ0n) is 65.6. The molecule has 3 aromatic carbocycles. The van der Waals surface area contributed by atoms with Crippen LogP contribution in [0.25, 0.3) is 0 Å².